The van der Waals surface area contributed by atoms with Crippen molar-refractivity contribution < 1.29 is 195 Å². The molecular weight excluding hydrogens is 1180 g/mol. The van der Waals surface area contributed by atoms with Gasteiger partial charge in [-0.3, -0.25) is 30.8 Å². The van der Waals surface area contributed by atoms with Gasteiger partial charge in [0, 0.05) is 239 Å². The predicted molar refractivity (Wildman–Crippen MR) is 315 cm³/mol. The third-order valence-electron chi connectivity index (χ3n) is 11.9. The number of rotatable bonds is 16. The smallest absolute Gasteiger partial charge is 0.182 e. The molecule has 0 saturated heterocycles. The molecule has 0 spiro atoms. The van der Waals surface area contributed by atoms with Gasteiger partial charge in [-0.05, 0) is 81.1 Å². The Morgan fingerprint density at radius 3 is 1.19 bits per heavy atom. The van der Waals surface area contributed by atoms with E-state index in [9.17, 15) is 20.4 Å². The van der Waals surface area contributed by atoms with Gasteiger partial charge in [0.15, 0.2) is 51.9 Å². The summed E-state index contributed by atoms with van der Waals surface area (Å²) in [7, 11) is 6.02. The van der Waals surface area contributed by atoms with Crippen LogP contribution in [-0.4, -0.2) is 107 Å². The number of amidine groups is 1. The van der Waals surface area contributed by atoms with Crippen LogP contribution in [0.2, 0.25) is 0 Å². The maximum atomic E-state index is 10.3. The second kappa shape index (κ2) is 40.2. The predicted octanol–water partition coefficient (Wildman–Crippen LogP) is 10.2. The Morgan fingerprint density at radius 1 is 0.571 bits per heavy atom. The van der Waals surface area contributed by atoms with Crippen LogP contribution in [0.25, 0.3) is 43.6 Å². The van der Waals surface area contributed by atoms with Crippen LogP contribution in [-0.2, 0) is 4.74 Å². The van der Waals surface area contributed by atoms with E-state index in [1.165, 1.54) is 34.5 Å². The zero-order valence-electron chi connectivity index (χ0n) is 47.7. The van der Waals surface area contributed by atoms with Crippen LogP contribution in [0, 0.1) is 212 Å². The summed E-state index contributed by atoms with van der Waals surface area (Å²) in [5, 5.41) is 83.8. The van der Waals surface area contributed by atoms with E-state index in [4.69, 9.17) is 56.5 Å². The first-order valence-electron chi connectivity index (χ1n) is 24.9. The van der Waals surface area contributed by atoms with Crippen molar-refractivity contribution in [3.8, 4) is 58.1 Å². The number of methoxy groups -OCH3 is 4. The van der Waals surface area contributed by atoms with Gasteiger partial charge in [-0.15, -0.1) is 0 Å². The van der Waals surface area contributed by atoms with Gasteiger partial charge in [0.2, 0.25) is 0 Å². The van der Waals surface area contributed by atoms with Crippen LogP contribution in [0.3, 0.4) is 0 Å². The van der Waals surface area contributed by atoms with Gasteiger partial charge in [-0.2, -0.15) is 10.5 Å². The molecule has 84 heavy (non-hydrogen) atoms. The number of nitrogens with zero attached hydrogens (tertiary/aromatic N) is 6. The number of nitriles is 2. The summed E-state index contributed by atoms with van der Waals surface area (Å²) in [6.07, 6.45) is 9.26. The number of ether oxygens (including phenoxy) is 5. The summed E-state index contributed by atoms with van der Waals surface area (Å²) < 4.78 is 25.7. The number of nitrogens with two attached hydrogens (primary N) is 2. The fraction of sp³-hybridized carbons (Fsp3) is 0.276. The average Bonchev–Trinajstić information content (AvgIpc) is 3.49. The van der Waals surface area contributed by atoms with E-state index in [-0.39, 0.29) is 186 Å². The molecule has 4 aromatic heterocycles. The van der Waals surface area contributed by atoms with Crippen LogP contribution in [0.15, 0.2) is 86.0 Å². The number of aromatic hydroxyl groups is 4. The van der Waals surface area contributed by atoms with Crippen molar-refractivity contribution in [3.63, 3.8) is 0 Å². The molecule has 0 radical (unpaired) electrons. The first-order chi connectivity index (χ1) is 38.4. The van der Waals surface area contributed by atoms with Gasteiger partial charge >= 0.3 is 0 Å². The monoisotopic (exact) mass is 1250 g/mol. The summed E-state index contributed by atoms with van der Waals surface area (Å²) in [6, 6.07) is 17.8. The van der Waals surface area contributed by atoms with Crippen molar-refractivity contribution in [3.05, 3.63) is 108 Å². The number of nitrogens with one attached hydrogen (secondary N) is 5. The minimum Gasteiger partial charge on any atom is -0.504 e. The summed E-state index contributed by atoms with van der Waals surface area (Å²) in [5.41, 5.74) is 20.2. The average molecular weight is 1250 g/mol. The van der Waals surface area contributed by atoms with E-state index in [1.807, 2.05) is 58.9 Å². The van der Waals surface area contributed by atoms with Crippen LogP contribution < -0.4 is 46.4 Å². The van der Waals surface area contributed by atoms with Crippen molar-refractivity contribution in [2.24, 2.45) is 5.73 Å². The number of nitrogen functional groups attached to an aromatic ring is 1. The van der Waals surface area contributed by atoms with E-state index in [1.54, 1.807) is 55.1 Å². The van der Waals surface area contributed by atoms with Crippen molar-refractivity contribution >= 4 is 78.1 Å². The van der Waals surface area contributed by atoms with Crippen molar-refractivity contribution in [1.82, 2.24) is 19.9 Å². The van der Waals surface area contributed by atoms with Gasteiger partial charge in [-0.25, -0.2) is 0 Å². The zero-order chi connectivity index (χ0) is 59.1. The van der Waals surface area contributed by atoms with Crippen molar-refractivity contribution in [2.75, 3.05) is 76.4 Å². The fourth-order valence-corrected chi connectivity index (χ4v) is 8.00. The van der Waals surface area contributed by atoms with Crippen LogP contribution in [0.4, 0.5) is 22.7 Å². The minimum atomic E-state index is 0. The number of aryl methyl sites for hydroxylation is 4. The molecule has 0 aliphatic rings. The molecule has 0 bridgehead atoms. The Balaban J connectivity index is 0.00000106. The molecule has 0 saturated carbocycles. The van der Waals surface area contributed by atoms with Crippen LogP contribution in [0.5, 0.6) is 46.0 Å². The number of allylic oxidation sites excluding steroid dienone is 1. The molecule has 0 unspecified atom stereocenters. The molecule has 8 rings (SSSR count). The van der Waals surface area contributed by atoms with Crippen molar-refractivity contribution in [1.29, 1.82) is 21.3 Å². The van der Waals surface area contributed by atoms with E-state index in [0.29, 0.717) is 118 Å². The van der Waals surface area contributed by atoms with Gasteiger partial charge < -0.3 is 71.5 Å². The maximum Gasteiger partial charge on any atom is 0.182 e. The molecule has 0 fully saturated rings. The molecule has 0 aliphatic carbocycles. The van der Waals surface area contributed by atoms with Gasteiger partial charge in [-0.1, -0.05) is 6.58 Å². The Morgan fingerprint density at radius 2 is 0.881 bits per heavy atom. The van der Waals surface area contributed by atoms with Gasteiger partial charge in [0.05, 0.1) is 126 Å². The molecule has 4 heterocycles. The van der Waals surface area contributed by atoms with E-state index in [2.05, 4.69) is 48.5 Å². The summed E-state index contributed by atoms with van der Waals surface area (Å²) in [6.45, 7) is 14.7. The molecule has 4 aromatic carbocycles. The molecule has 0 atom stereocenters. The molecule has 0 aliphatic heterocycles. The van der Waals surface area contributed by atoms with E-state index < -0.39 is 0 Å². The first-order valence-corrected chi connectivity index (χ1v) is 24.9. The number of fused-ring (bicyclic) bond motifs is 4. The maximum absolute atomic E-state index is 10.3. The molecule has 13 N–H and O–H groups in total. The zero-order valence-corrected chi connectivity index (χ0v) is 50.6. The van der Waals surface area contributed by atoms with Gasteiger partial charge in [0.1, 0.15) is 0 Å². The molecule has 26 heteroatoms. The van der Waals surface area contributed by atoms with E-state index >= 15 is 0 Å². The number of hydrogen-bond acceptors (Lipinski definition) is 21. The van der Waals surface area contributed by atoms with Crippen LogP contribution >= 0.6 is 0 Å². The number of anilines is 4. The number of phenolic OH excluding ortho intramolecular Hbond substituents is 4. The second-order valence-corrected chi connectivity index (χ2v) is 17.3. The number of aromatic nitrogens is 4. The topological polar surface area (TPSA) is 362 Å². The van der Waals surface area contributed by atoms with E-state index in [0.717, 1.165) is 39.3 Å². The molecule has 8 aromatic rings. The summed E-state index contributed by atoms with van der Waals surface area (Å²) in [4.78, 5) is 17.1. The largest absolute Gasteiger partial charge is 0.504 e. The first kappa shape index (κ1) is 78.8. The number of benzene rings is 4. The third kappa shape index (κ3) is 21.3. The Bertz CT molecular complexity index is 3590. The van der Waals surface area contributed by atoms with Gasteiger partial charge in [0.25, 0.3) is 0 Å². The Hall–Kier alpha value is -5.18. The van der Waals surface area contributed by atoms with Crippen molar-refractivity contribution in [2.45, 2.75) is 53.9 Å². The quantitative estimate of drug-likeness (QED) is 0.0107. The molecule has 0 amide bonds. The number of pyridine rings is 4. The molecule has 452 valence electrons. The summed E-state index contributed by atoms with van der Waals surface area (Å²) in [5.74, 6) is 2.28. The Kier molecular flexibility index (Phi) is 37.8. The van der Waals surface area contributed by atoms with Crippen LogP contribution in [0.1, 0.15) is 48.4 Å². The standard InChI is InChI=1S/C16H21N3O3.C14H18N4O2.C14H15N3O2.C11H12N2O2.C3H3N.4Ar/c1-4-22-13(17)6-8-18-11-9-12(21-3)16(20)14-10(2)5-7-19-15(11)14;1-8-3-5-18-13-9(17-6-4-11(15)16)7-10(20-2)14(19)12(8)13;1-9-4-7-17-13-10(16-6-3-5-15)8-11(19-2)14(18)12(9)13;1-6-3-4-13-10-7(12)5-8(15-2)11(14)9(6)10;1-2-3-4;;;;/h5,7,9,17-18,20H,4,6,8H2,1-3H3;3,5,7,17,19H,4,6H2,1-2H3,(H3,15,16);4,7-8,16,18H,3,6H2,1-2H3;3-5,14H,12H2,1-2H3;2H,1H2;;;;. The minimum absolute atomic E-state index is 0. The SMILES string of the molecule is C=CC#N.CCOC(=N)CCNc1cc(OC)c(O)c2c(C)ccnc12.COc1cc(N)c2nccc(C)c2c1O.COc1cc(NCCC#N)c2nccc(C)c2c1O.COc1cc(NCCC(=N)N)c2nccc(C)c2c1O.[Ar].[Ar].[Ar].[Ar]. The number of phenols is 4. The second-order valence-electron chi connectivity index (χ2n) is 17.3. The Labute approximate surface area is 608 Å². The summed E-state index contributed by atoms with van der Waals surface area (Å²) >= 11 is 0. The fourth-order valence-electron chi connectivity index (χ4n) is 8.00. The molecule has 22 nitrogen and oxygen atoms in total. The normalized spacial score (nSPS) is 9.61. The number of hydrogen-bond donors (Lipinski definition) is 11. The molecular formula is C58H69Ar4N13O9. The third-order valence-corrected chi connectivity index (χ3v) is 11.9.